The van der Waals surface area contributed by atoms with Gasteiger partial charge in [0.05, 0.1) is 17.8 Å². The summed E-state index contributed by atoms with van der Waals surface area (Å²) in [7, 11) is 0. The first-order valence-corrected chi connectivity index (χ1v) is 7.93. The minimum absolute atomic E-state index is 0.230. The smallest absolute Gasteiger partial charge is 0.277 e. The first-order valence-electron chi connectivity index (χ1n) is 7.55. The Hall–Kier alpha value is -2.67. The van der Waals surface area contributed by atoms with Crippen LogP contribution in [0.4, 0.5) is 5.95 Å². The molecule has 0 aliphatic heterocycles. The lowest BCUT2D eigenvalue weighted by Gasteiger charge is -2.05. The van der Waals surface area contributed by atoms with Crippen LogP contribution in [0.5, 0.6) is 0 Å². The molecule has 0 bridgehead atoms. The number of benzene rings is 1. The molecule has 0 saturated carbocycles. The Morgan fingerprint density at radius 1 is 1.33 bits per heavy atom. The summed E-state index contributed by atoms with van der Waals surface area (Å²) in [5, 5.41) is 11.3. The van der Waals surface area contributed by atoms with Crippen LogP contribution >= 0.6 is 11.6 Å². The lowest BCUT2D eigenvalue weighted by Crippen LogP contribution is -2.18. The topological polar surface area (TPSA) is 77.6 Å². The third kappa shape index (κ3) is 3.30. The minimum atomic E-state index is -0.381. The molecule has 0 spiro atoms. The Morgan fingerprint density at radius 2 is 2.12 bits per heavy atom. The van der Waals surface area contributed by atoms with Crippen molar-refractivity contribution in [1.82, 2.24) is 24.5 Å². The number of rotatable bonds is 5. The molecule has 0 unspecified atom stereocenters. The summed E-state index contributed by atoms with van der Waals surface area (Å²) in [5.74, 6) is -0.151. The van der Waals surface area contributed by atoms with Crippen LogP contribution in [-0.4, -0.2) is 30.5 Å². The summed E-state index contributed by atoms with van der Waals surface area (Å²) in [6, 6.07) is 8.06. The molecule has 0 atom stereocenters. The zero-order chi connectivity index (χ0) is 17.1. The highest BCUT2D eigenvalue weighted by molar-refractivity contribution is 6.34. The lowest BCUT2D eigenvalue weighted by molar-refractivity contribution is 0.101. The van der Waals surface area contributed by atoms with E-state index in [1.807, 2.05) is 38.1 Å². The fraction of sp³-hybridized carbons (Fsp3) is 0.250. The van der Waals surface area contributed by atoms with Crippen LogP contribution in [0.2, 0.25) is 5.02 Å². The van der Waals surface area contributed by atoms with Crippen molar-refractivity contribution in [1.29, 1.82) is 0 Å². The van der Waals surface area contributed by atoms with E-state index in [1.54, 1.807) is 11.0 Å². The van der Waals surface area contributed by atoms with E-state index < -0.39 is 0 Å². The number of carbonyl (C=O) groups is 1. The normalized spacial score (nSPS) is 10.8. The molecule has 124 valence electrons. The Bertz CT molecular complexity index is 869. The van der Waals surface area contributed by atoms with Crippen LogP contribution in [-0.2, 0) is 13.1 Å². The quantitative estimate of drug-likeness (QED) is 0.772. The second-order valence-corrected chi connectivity index (χ2v) is 5.71. The molecule has 2 heterocycles. The van der Waals surface area contributed by atoms with E-state index in [4.69, 9.17) is 11.6 Å². The predicted octanol–water partition coefficient (Wildman–Crippen LogP) is 2.76. The molecule has 3 rings (SSSR count). The van der Waals surface area contributed by atoms with E-state index in [2.05, 4.69) is 20.5 Å². The minimum Gasteiger partial charge on any atom is -0.288 e. The van der Waals surface area contributed by atoms with Crippen LogP contribution in [0.3, 0.4) is 0 Å². The molecule has 1 amide bonds. The van der Waals surface area contributed by atoms with Gasteiger partial charge in [0.15, 0.2) is 0 Å². The molecule has 0 saturated heterocycles. The first kappa shape index (κ1) is 16.2. The highest BCUT2D eigenvalue weighted by Gasteiger charge is 2.18. The average Bonchev–Trinajstić information content (AvgIpc) is 3.15. The highest BCUT2D eigenvalue weighted by Crippen LogP contribution is 2.16. The largest absolute Gasteiger partial charge is 0.288 e. The zero-order valence-electron chi connectivity index (χ0n) is 13.4. The highest BCUT2D eigenvalue weighted by atomic mass is 35.5. The van der Waals surface area contributed by atoms with Crippen LogP contribution in [0.25, 0.3) is 0 Å². The number of halogens is 1. The van der Waals surface area contributed by atoms with Gasteiger partial charge in [0.1, 0.15) is 12.0 Å². The monoisotopic (exact) mass is 344 g/mol. The van der Waals surface area contributed by atoms with Crippen molar-refractivity contribution < 1.29 is 4.79 Å². The molecule has 2 aromatic heterocycles. The number of hydrogen-bond acceptors (Lipinski definition) is 4. The Balaban J connectivity index is 1.73. The van der Waals surface area contributed by atoms with Crippen molar-refractivity contribution in [3.05, 3.63) is 58.6 Å². The number of aromatic nitrogens is 5. The van der Waals surface area contributed by atoms with Crippen molar-refractivity contribution >= 4 is 23.5 Å². The van der Waals surface area contributed by atoms with Gasteiger partial charge in [-0.3, -0.25) is 14.8 Å². The number of carbonyl (C=O) groups excluding carboxylic acids is 1. The van der Waals surface area contributed by atoms with Gasteiger partial charge in [0, 0.05) is 6.54 Å². The number of nitrogens with one attached hydrogen (secondary N) is 1. The number of amides is 1. The average molecular weight is 345 g/mol. The predicted molar refractivity (Wildman–Crippen MR) is 91.2 cm³/mol. The molecule has 3 aromatic rings. The van der Waals surface area contributed by atoms with Crippen molar-refractivity contribution in [2.45, 2.75) is 26.9 Å². The molecular weight excluding hydrogens is 328 g/mol. The van der Waals surface area contributed by atoms with Crippen LogP contribution in [0, 0.1) is 6.92 Å². The molecule has 0 fully saturated rings. The third-order valence-electron chi connectivity index (χ3n) is 3.66. The van der Waals surface area contributed by atoms with E-state index in [-0.39, 0.29) is 11.9 Å². The molecule has 7 nitrogen and oxygen atoms in total. The van der Waals surface area contributed by atoms with Gasteiger partial charge in [0.2, 0.25) is 5.95 Å². The van der Waals surface area contributed by atoms with Gasteiger partial charge in [-0.25, -0.2) is 9.67 Å². The summed E-state index contributed by atoms with van der Waals surface area (Å²) in [6.07, 6.45) is 3.03. The van der Waals surface area contributed by atoms with Crippen molar-refractivity contribution in [3.8, 4) is 0 Å². The zero-order valence-corrected chi connectivity index (χ0v) is 14.2. The summed E-state index contributed by atoms with van der Waals surface area (Å²) in [5.41, 5.74) is 2.62. The fourth-order valence-corrected chi connectivity index (χ4v) is 2.61. The van der Waals surface area contributed by atoms with E-state index >= 15 is 0 Å². The number of hydrogen-bond donors (Lipinski definition) is 1. The fourth-order valence-electron chi connectivity index (χ4n) is 2.38. The standard InChI is InChI=1S/C16H17ClN6O/c1-3-23-14(13(17)8-19-23)15(24)20-16-18-10-22(21-16)9-12-7-5-4-6-11(12)2/h4-8,10H,3,9H2,1-2H3,(H,20,21,24). The molecular formula is C16H17ClN6O. The van der Waals surface area contributed by atoms with Crippen molar-refractivity contribution in [3.63, 3.8) is 0 Å². The number of anilines is 1. The van der Waals surface area contributed by atoms with E-state index in [9.17, 15) is 4.79 Å². The SMILES string of the molecule is CCn1ncc(Cl)c1C(=O)Nc1ncn(Cc2ccccc2C)n1. The third-order valence-corrected chi connectivity index (χ3v) is 3.94. The summed E-state index contributed by atoms with van der Waals surface area (Å²) in [4.78, 5) is 16.5. The van der Waals surface area contributed by atoms with Crippen LogP contribution < -0.4 is 5.32 Å². The second-order valence-electron chi connectivity index (χ2n) is 5.30. The molecule has 8 heteroatoms. The van der Waals surface area contributed by atoms with E-state index in [0.717, 1.165) is 5.56 Å². The van der Waals surface area contributed by atoms with Gasteiger partial charge in [-0.05, 0) is 25.0 Å². The van der Waals surface area contributed by atoms with Crippen molar-refractivity contribution in [2.75, 3.05) is 5.32 Å². The van der Waals surface area contributed by atoms with Gasteiger partial charge in [-0.2, -0.15) is 5.10 Å². The van der Waals surface area contributed by atoms with Crippen molar-refractivity contribution in [2.24, 2.45) is 0 Å². The number of nitrogens with zero attached hydrogens (tertiary/aromatic N) is 5. The van der Waals surface area contributed by atoms with E-state index in [1.165, 1.54) is 16.4 Å². The molecule has 0 radical (unpaired) electrons. The van der Waals surface area contributed by atoms with Gasteiger partial charge >= 0.3 is 0 Å². The maximum atomic E-state index is 12.4. The van der Waals surface area contributed by atoms with Gasteiger partial charge in [-0.1, -0.05) is 35.9 Å². The van der Waals surface area contributed by atoms with Gasteiger partial charge in [-0.15, -0.1) is 5.10 Å². The second kappa shape index (κ2) is 6.84. The first-order chi connectivity index (χ1) is 11.6. The molecule has 1 N–H and O–H groups in total. The summed E-state index contributed by atoms with van der Waals surface area (Å²) >= 11 is 6.02. The molecule has 0 aliphatic rings. The van der Waals surface area contributed by atoms with Gasteiger partial charge in [0.25, 0.3) is 5.91 Å². The Labute approximate surface area is 144 Å². The Morgan fingerprint density at radius 3 is 2.88 bits per heavy atom. The van der Waals surface area contributed by atoms with Crippen LogP contribution in [0.1, 0.15) is 28.5 Å². The maximum absolute atomic E-state index is 12.4. The maximum Gasteiger partial charge on any atom is 0.277 e. The summed E-state index contributed by atoms with van der Waals surface area (Å²) < 4.78 is 3.21. The molecule has 0 aliphatic carbocycles. The van der Waals surface area contributed by atoms with E-state index in [0.29, 0.717) is 23.8 Å². The number of aryl methyl sites for hydroxylation is 2. The molecule has 1 aromatic carbocycles. The summed E-state index contributed by atoms with van der Waals surface area (Å²) in [6.45, 7) is 5.06. The van der Waals surface area contributed by atoms with Crippen LogP contribution in [0.15, 0.2) is 36.8 Å². The Kier molecular flexibility index (Phi) is 4.61. The molecule has 24 heavy (non-hydrogen) atoms. The lowest BCUT2D eigenvalue weighted by atomic mass is 10.1. The van der Waals surface area contributed by atoms with Gasteiger partial charge < -0.3 is 0 Å².